The maximum absolute atomic E-state index is 5.74. The summed E-state index contributed by atoms with van der Waals surface area (Å²) in [5, 5.41) is 1.32. The molecule has 19 heavy (non-hydrogen) atoms. The van der Waals surface area contributed by atoms with E-state index in [0.29, 0.717) is 0 Å². The average Bonchev–Trinajstić information content (AvgIpc) is 2.79. The molecule has 1 nitrogen and oxygen atoms in total. The van der Waals surface area contributed by atoms with Crippen molar-refractivity contribution in [1.29, 1.82) is 0 Å². The van der Waals surface area contributed by atoms with Gasteiger partial charge >= 0.3 is 0 Å². The predicted molar refractivity (Wildman–Crippen MR) is 89.8 cm³/mol. The molecule has 0 spiro atoms. The third kappa shape index (κ3) is 2.42. The lowest BCUT2D eigenvalue weighted by Crippen LogP contribution is -2.02. The van der Waals surface area contributed by atoms with Gasteiger partial charge in [-0.3, -0.25) is 0 Å². The van der Waals surface area contributed by atoms with Crippen LogP contribution in [0.15, 0.2) is 54.6 Å². The highest BCUT2D eigenvalue weighted by atomic mass is 127. The van der Waals surface area contributed by atoms with Crippen LogP contribution in [0.4, 0.5) is 0 Å². The first-order valence-electron chi connectivity index (χ1n) is 6.06. The Morgan fingerprint density at radius 3 is 2.37 bits per heavy atom. The standard InChI is InChI=1S/C16H13IOS/c1-18-15(11-7-3-2-4-8-11)16-14(17)12-9-5-6-10-13(12)19-16/h2-10,15H,1H3. The van der Waals surface area contributed by atoms with E-state index in [1.54, 1.807) is 7.11 Å². The van der Waals surface area contributed by atoms with Gasteiger partial charge in [0.2, 0.25) is 0 Å². The number of benzene rings is 2. The second-order valence-corrected chi connectivity index (χ2v) is 6.47. The number of methoxy groups -OCH3 is 1. The second kappa shape index (κ2) is 5.61. The third-order valence-corrected chi connectivity index (χ3v) is 5.88. The molecular weight excluding hydrogens is 367 g/mol. The van der Waals surface area contributed by atoms with E-state index in [9.17, 15) is 0 Å². The molecule has 1 unspecified atom stereocenters. The van der Waals surface area contributed by atoms with Gasteiger partial charge in [-0.15, -0.1) is 11.3 Å². The zero-order chi connectivity index (χ0) is 13.2. The van der Waals surface area contributed by atoms with E-state index >= 15 is 0 Å². The number of hydrogen-bond donors (Lipinski definition) is 0. The minimum atomic E-state index is 0.0190. The van der Waals surface area contributed by atoms with E-state index in [4.69, 9.17) is 4.74 Å². The summed E-state index contributed by atoms with van der Waals surface area (Å²) in [6.07, 6.45) is 0.0190. The number of halogens is 1. The van der Waals surface area contributed by atoms with Gasteiger partial charge in [0.1, 0.15) is 6.10 Å². The van der Waals surface area contributed by atoms with Gasteiger partial charge in [0, 0.05) is 20.8 Å². The van der Waals surface area contributed by atoms with E-state index < -0.39 is 0 Å². The number of thiophene rings is 1. The molecule has 0 fully saturated rings. The Labute approximate surface area is 130 Å². The molecule has 96 valence electrons. The van der Waals surface area contributed by atoms with Crippen LogP contribution in [0, 0.1) is 3.57 Å². The average molecular weight is 380 g/mol. The van der Waals surface area contributed by atoms with Crippen molar-refractivity contribution in [3.05, 3.63) is 68.6 Å². The Hall–Kier alpha value is -0.910. The van der Waals surface area contributed by atoms with Crippen LogP contribution in [0.25, 0.3) is 10.1 Å². The first-order chi connectivity index (χ1) is 9.31. The summed E-state index contributed by atoms with van der Waals surface area (Å²) in [6, 6.07) is 18.9. The molecule has 0 aliphatic rings. The van der Waals surface area contributed by atoms with Crippen molar-refractivity contribution in [1.82, 2.24) is 0 Å². The van der Waals surface area contributed by atoms with Crippen molar-refractivity contribution in [3.8, 4) is 0 Å². The van der Waals surface area contributed by atoms with E-state index in [-0.39, 0.29) is 6.10 Å². The van der Waals surface area contributed by atoms with Crippen LogP contribution in [0.1, 0.15) is 16.5 Å². The van der Waals surface area contributed by atoms with Crippen molar-refractivity contribution in [2.45, 2.75) is 6.10 Å². The number of rotatable bonds is 3. The molecule has 0 aliphatic heterocycles. The van der Waals surface area contributed by atoms with Crippen LogP contribution in [0.2, 0.25) is 0 Å². The summed E-state index contributed by atoms with van der Waals surface area (Å²) in [6.45, 7) is 0. The molecule has 0 bridgehead atoms. The smallest absolute Gasteiger partial charge is 0.117 e. The topological polar surface area (TPSA) is 9.23 Å². The monoisotopic (exact) mass is 380 g/mol. The zero-order valence-corrected chi connectivity index (χ0v) is 13.4. The van der Waals surface area contributed by atoms with Gasteiger partial charge in [0.15, 0.2) is 0 Å². The van der Waals surface area contributed by atoms with Gasteiger partial charge in [0.25, 0.3) is 0 Å². The highest BCUT2D eigenvalue weighted by Gasteiger charge is 2.20. The van der Waals surface area contributed by atoms with Crippen LogP contribution in [-0.2, 0) is 4.74 Å². The highest BCUT2D eigenvalue weighted by molar-refractivity contribution is 14.1. The molecule has 2 aromatic carbocycles. The molecule has 0 N–H and O–H groups in total. The molecule has 3 heteroatoms. The van der Waals surface area contributed by atoms with E-state index in [2.05, 4.69) is 71.1 Å². The maximum atomic E-state index is 5.74. The molecule has 0 radical (unpaired) electrons. The fourth-order valence-electron chi connectivity index (χ4n) is 2.22. The summed E-state index contributed by atoms with van der Waals surface area (Å²) < 4.78 is 8.36. The van der Waals surface area contributed by atoms with Crippen LogP contribution in [-0.4, -0.2) is 7.11 Å². The van der Waals surface area contributed by atoms with E-state index in [1.807, 2.05) is 17.4 Å². The predicted octanol–water partition coefficient (Wildman–Crippen LogP) is 5.24. The van der Waals surface area contributed by atoms with E-state index in [0.717, 1.165) is 0 Å². The van der Waals surface area contributed by atoms with Crippen molar-refractivity contribution in [3.63, 3.8) is 0 Å². The van der Waals surface area contributed by atoms with Gasteiger partial charge in [-0.2, -0.15) is 0 Å². The molecule has 1 aromatic heterocycles. The molecule has 1 atom stereocenters. The number of ether oxygens (including phenoxy) is 1. The van der Waals surface area contributed by atoms with Gasteiger partial charge in [0.05, 0.1) is 4.88 Å². The van der Waals surface area contributed by atoms with Crippen LogP contribution < -0.4 is 0 Å². The van der Waals surface area contributed by atoms with Crippen LogP contribution in [0.5, 0.6) is 0 Å². The summed E-state index contributed by atoms with van der Waals surface area (Å²) in [4.78, 5) is 1.29. The van der Waals surface area contributed by atoms with Crippen LogP contribution in [0.3, 0.4) is 0 Å². The first kappa shape index (κ1) is 13.1. The Morgan fingerprint density at radius 2 is 1.68 bits per heavy atom. The minimum Gasteiger partial charge on any atom is -0.371 e. The normalized spacial score (nSPS) is 12.7. The molecular formula is C16H13IOS. The highest BCUT2D eigenvalue weighted by Crippen LogP contribution is 2.39. The fourth-order valence-corrected chi connectivity index (χ4v) is 4.69. The quantitative estimate of drug-likeness (QED) is 0.565. The summed E-state index contributed by atoms with van der Waals surface area (Å²) in [5.74, 6) is 0. The number of hydrogen-bond acceptors (Lipinski definition) is 2. The Morgan fingerprint density at radius 1 is 1.00 bits per heavy atom. The SMILES string of the molecule is COC(c1ccccc1)c1sc2ccccc2c1I. The maximum Gasteiger partial charge on any atom is 0.117 e. The molecule has 0 aliphatic carbocycles. The zero-order valence-electron chi connectivity index (χ0n) is 10.5. The minimum absolute atomic E-state index is 0.0190. The van der Waals surface area contributed by atoms with Crippen molar-refractivity contribution in [2.75, 3.05) is 7.11 Å². The largest absolute Gasteiger partial charge is 0.371 e. The second-order valence-electron chi connectivity index (χ2n) is 4.30. The van der Waals surface area contributed by atoms with Gasteiger partial charge in [-0.1, -0.05) is 48.5 Å². The van der Waals surface area contributed by atoms with Crippen molar-refractivity contribution >= 4 is 44.0 Å². The molecule has 1 heterocycles. The molecule has 0 saturated heterocycles. The van der Waals surface area contributed by atoms with E-state index in [1.165, 1.54) is 24.1 Å². The molecule has 0 amide bonds. The summed E-state index contributed by atoms with van der Waals surface area (Å²) in [7, 11) is 1.78. The lowest BCUT2D eigenvalue weighted by Gasteiger charge is -2.14. The first-order valence-corrected chi connectivity index (χ1v) is 7.95. The molecule has 3 aromatic rings. The third-order valence-electron chi connectivity index (χ3n) is 3.14. The Balaban J connectivity index is 2.14. The summed E-state index contributed by atoms with van der Waals surface area (Å²) in [5.41, 5.74) is 1.20. The Bertz CT molecular complexity index is 690. The molecule has 3 rings (SSSR count). The lowest BCUT2D eigenvalue weighted by molar-refractivity contribution is 0.139. The summed E-state index contributed by atoms with van der Waals surface area (Å²) >= 11 is 4.25. The van der Waals surface area contributed by atoms with Crippen LogP contribution >= 0.6 is 33.9 Å². The van der Waals surface area contributed by atoms with Gasteiger partial charge < -0.3 is 4.74 Å². The van der Waals surface area contributed by atoms with Crippen molar-refractivity contribution in [2.24, 2.45) is 0 Å². The lowest BCUT2D eigenvalue weighted by atomic mass is 10.1. The fraction of sp³-hybridized carbons (Fsp3) is 0.125. The van der Waals surface area contributed by atoms with Gasteiger partial charge in [-0.05, 0) is 34.2 Å². The van der Waals surface area contributed by atoms with Gasteiger partial charge in [-0.25, -0.2) is 0 Å². The Kier molecular flexibility index (Phi) is 3.86. The molecule has 0 saturated carbocycles. The van der Waals surface area contributed by atoms with Crippen molar-refractivity contribution < 1.29 is 4.74 Å². The number of fused-ring (bicyclic) bond motifs is 1.